The van der Waals surface area contributed by atoms with E-state index in [0.717, 1.165) is 19.4 Å². The summed E-state index contributed by atoms with van der Waals surface area (Å²) in [5.74, 6) is 1.25. The van der Waals surface area contributed by atoms with Gasteiger partial charge in [-0.3, -0.25) is 4.79 Å². The minimum absolute atomic E-state index is 0.0244. The maximum Gasteiger partial charge on any atom is 0.253 e. The van der Waals surface area contributed by atoms with E-state index >= 15 is 0 Å². The molecular formula is C16H26N2O3. The minimum atomic E-state index is -0.0244. The maximum atomic E-state index is 12.3. The predicted molar refractivity (Wildman–Crippen MR) is 84.3 cm³/mol. The zero-order chi connectivity index (χ0) is 15.7. The van der Waals surface area contributed by atoms with Crippen molar-refractivity contribution in [3.63, 3.8) is 0 Å². The van der Waals surface area contributed by atoms with E-state index in [4.69, 9.17) is 9.47 Å². The van der Waals surface area contributed by atoms with Crippen molar-refractivity contribution in [2.75, 3.05) is 40.9 Å². The van der Waals surface area contributed by atoms with Crippen molar-refractivity contribution >= 4 is 5.91 Å². The fraction of sp³-hybridized carbons (Fsp3) is 0.562. The molecule has 1 amide bonds. The van der Waals surface area contributed by atoms with Gasteiger partial charge in [-0.25, -0.2) is 0 Å². The van der Waals surface area contributed by atoms with Gasteiger partial charge in [-0.1, -0.05) is 13.3 Å². The van der Waals surface area contributed by atoms with Crippen LogP contribution in [0.3, 0.4) is 0 Å². The molecule has 1 rings (SSSR count). The number of benzene rings is 1. The third kappa shape index (κ3) is 5.27. The molecule has 0 bridgehead atoms. The number of carbonyl (C=O) groups is 1. The lowest BCUT2D eigenvalue weighted by atomic mass is 10.1. The van der Waals surface area contributed by atoms with Gasteiger partial charge in [0.1, 0.15) is 0 Å². The first kappa shape index (κ1) is 17.3. The van der Waals surface area contributed by atoms with E-state index in [1.54, 1.807) is 37.3 Å². The molecule has 21 heavy (non-hydrogen) atoms. The lowest BCUT2D eigenvalue weighted by molar-refractivity contribution is 0.0796. The second-order valence-corrected chi connectivity index (χ2v) is 4.90. The molecule has 0 heterocycles. The van der Waals surface area contributed by atoms with Gasteiger partial charge in [-0.05, 0) is 31.7 Å². The minimum Gasteiger partial charge on any atom is -0.493 e. The van der Waals surface area contributed by atoms with Gasteiger partial charge >= 0.3 is 0 Å². The predicted octanol–water partition coefficient (Wildman–Crippen LogP) is 2.17. The Labute approximate surface area is 127 Å². The number of hydrogen-bond acceptors (Lipinski definition) is 4. The number of methoxy groups -OCH3 is 1. The van der Waals surface area contributed by atoms with Gasteiger partial charge < -0.3 is 19.7 Å². The zero-order valence-corrected chi connectivity index (χ0v) is 13.4. The van der Waals surface area contributed by atoms with Crippen molar-refractivity contribution in [1.82, 2.24) is 10.2 Å². The molecule has 0 saturated heterocycles. The molecule has 1 aromatic rings. The Morgan fingerprint density at radius 3 is 2.71 bits per heavy atom. The highest BCUT2D eigenvalue weighted by Gasteiger charge is 2.14. The third-order valence-corrected chi connectivity index (χ3v) is 3.21. The van der Waals surface area contributed by atoms with Crippen LogP contribution >= 0.6 is 0 Å². The Bertz CT molecular complexity index is 449. The molecule has 5 nitrogen and oxygen atoms in total. The summed E-state index contributed by atoms with van der Waals surface area (Å²) in [5, 5.41) is 3.03. The topological polar surface area (TPSA) is 50.8 Å². The van der Waals surface area contributed by atoms with Crippen molar-refractivity contribution < 1.29 is 14.3 Å². The van der Waals surface area contributed by atoms with Crippen LogP contribution in [0.5, 0.6) is 11.5 Å². The quantitative estimate of drug-likeness (QED) is 0.709. The molecule has 0 aliphatic heterocycles. The van der Waals surface area contributed by atoms with Crippen LogP contribution in [0.15, 0.2) is 18.2 Å². The fourth-order valence-electron chi connectivity index (χ4n) is 1.85. The third-order valence-electron chi connectivity index (χ3n) is 3.21. The molecule has 118 valence electrons. The Kier molecular flexibility index (Phi) is 7.61. The van der Waals surface area contributed by atoms with E-state index in [9.17, 15) is 4.79 Å². The summed E-state index contributed by atoms with van der Waals surface area (Å²) in [6, 6.07) is 5.31. The van der Waals surface area contributed by atoms with Crippen molar-refractivity contribution in [3.05, 3.63) is 23.8 Å². The normalized spacial score (nSPS) is 10.3. The molecule has 5 heteroatoms. The molecule has 1 aromatic carbocycles. The summed E-state index contributed by atoms with van der Waals surface area (Å²) in [7, 11) is 5.24. The number of ether oxygens (including phenoxy) is 2. The average Bonchev–Trinajstić information content (AvgIpc) is 2.52. The fourth-order valence-corrected chi connectivity index (χ4v) is 1.85. The standard InChI is InChI=1S/C16H26N2O3/c1-5-6-11-21-14-8-7-13(12-15(14)20-4)16(19)18(3)10-9-17-2/h7-8,12,17H,5-6,9-11H2,1-4H3. The first-order valence-corrected chi connectivity index (χ1v) is 7.35. The van der Waals surface area contributed by atoms with Crippen LogP contribution < -0.4 is 14.8 Å². The van der Waals surface area contributed by atoms with E-state index < -0.39 is 0 Å². The summed E-state index contributed by atoms with van der Waals surface area (Å²) in [4.78, 5) is 14.0. The molecule has 0 aromatic heterocycles. The first-order chi connectivity index (χ1) is 10.1. The lowest BCUT2D eigenvalue weighted by Gasteiger charge is -2.18. The zero-order valence-electron chi connectivity index (χ0n) is 13.4. The Balaban J connectivity index is 2.78. The van der Waals surface area contributed by atoms with Crippen LogP contribution in [-0.2, 0) is 0 Å². The van der Waals surface area contributed by atoms with Gasteiger partial charge in [0.25, 0.3) is 5.91 Å². The average molecular weight is 294 g/mol. The van der Waals surface area contributed by atoms with Crippen molar-refractivity contribution in [2.24, 2.45) is 0 Å². The second kappa shape index (κ2) is 9.23. The van der Waals surface area contributed by atoms with Gasteiger partial charge in [-0.2, -0.15) is 0 Å². The molecule has 0 atom stereocenters. The van der Waals surface area contributed by atoms with E-state index in [1.165, 1.54) is 0 Å². The van der Waals surface area contributed by atoms with E-state index in [0.29, 0.717) is 30.2 Å². The van der Waals surface area contributed by atoms with Gasteiger partial charge in [0.15, 0.2) is 11.5 Å². The number of hydrogen-bond donors (Lipinski definition) is 1. The van der Waals surface area contributed by atoms with Crippen molar-refractivity contribution in [2.45, 2.75) is 19.8 Å². The largest absolute Gasteiger partial charge is 0.493 e. The smallest absolute Gasteiger partial charge is 0.253 e. The Hall–Kier alpha value is -1.75. The van der Waals surface area contributed by atoms with Crippen LogP contribution in [-0.4, -0.2) is 51.7 Å². The molecule has 0 aliphatic carbocycles. The molecule has 0 saturated carbocycles. The summed E-state index contributed by atoms with van der Waals surface area (Å²) in [6.45, 7) is 4.19. The second-order valence-electron chi connectivity index (χ2n) is 4.90. The molecule has 0 radical (unpaired) electrons. The van der Waals surface area contributed by atoms with E-state index in [-0.39, 0.29) is 5.91 Å². The molecule has 0 spiro atoms. The van der Waals surface area contributed by atoms with Crippen LogP contribution in [0.2, 0.25) is 0 Å². The van der Waals surface area contributed by atoms with Crippen LogP contribution in [0.1, 0.15) is 30.1 Å². The summed E-state index contributed by atoms with van der Waals surface area (Å²) >= 11 is 0. The highest BCUT2D eigenvalue weighted by molar-refractivity contribution is 5.94. The molecule has 0 unspecified atom stereocenters. The summed E-state index contributed by atoms with van der Waals surface area (Å²) in [5.41, 5.74) is 0.605. The van der Waals surface area contributed by atoms with E-state index in [1.807, 2.05) is 7.05 Å². The van der Waals surface area contributed by atoms with Crippen molar-refractivity contribution in [3.8, 4) is 11.5 Å². The number of carbonyl (C=O) groups excluding carboxylic acids is 1. The number of unbranched alkanes of at least 4 members (excludes halogenated alkanes) is 1. The van der Waals surface area contributed by atoms with E-state index in [2.05, 4.69) is 12.2 Å². The number of nitrogens with one attached hydrogen (secondary N) is 1. The SMILES string of the molecule is CCCCOc1ccc(C(=O)N(C)CCNC)cc1OC. The number of rotatable bonds is 9. The molecular weight excluding hydrogens is 268 g/mol. The highest BCUT2D eigenvalue weighted by Crippen LogP contribution is 2.28. The highest BCUT2D eigenvalue weighted by atomic mass is 16.5. The Morgan fingerprint density at radius 2 is 2.10 bits per heavy atom. The first-order valence-electron chi connectivity index (χ1n) is 7.35. The lowest BCUT2D eigenvalue weighted by Crippen LogP contribution is -2.32. The summed E-state index contributed by atoms with van der Waals surface area (Å²) < 4.78 is 11.0. The number of likely N-dealkylation sites (N-methyl/N-ethyl adjacent to an activating group) is 2. The van der Waals surface area contributed by atoms with Gasteiger partial charge in [0, 0.05) is 25.7 Å². The van der Waals surface area contributed by atoms with Gasteiger partial charge in [0.2, 0.25) is 0 Å². The monoisotopic (exact) mass is 294 g/mol. The van der Waals surface area contributed by atoms with Gasteiger partial charge in [0.05, 0.1) is 13.7 Å². The summed E-state index contributed by atoms with van der Waals surface area (Å²) in [6.07, 6.45) is 2.08. The van der Waals surface area contributed by atoms with Crippen molar-refractivity contribution in [1.29, 1.82) is 0 Å². The van der Waals surface area contributed by atoms with Gasteiger partial charge in [-0.15, -0.1) is 0 Å². The number of amides is 1. The van der Waals surface area contributed by atoms with Crippen LogP contribution in [0, 0.1) is 0 Å². The van der Waals surface area contributed by atoms with Crippen LogP contribution in [0.4, 0.5) is 0 Å². The Morgan fingerprint density at radius 1 is 1.33 bits per heavy atom. The maximum absolute atomic E-state index is 12.3. The molecule has 0 fully saturated rings. The van der Waals surface area contributed by atoms with Crippen LogP contribution in [0.25, 0.3) is 0 Å². The number of nitrogens with zero attached hydrogens (tertiary/aromatic N) is 1. The molecule has 1 N–H and O–H groups in total. The molecule has 0 aliphatic rings.